The number of benzene rings is 1. The highest BCUT2D eigenvalue weighted by atomic mass is 79.9. The number of fused-ring (bicyclic) bond motifs is 1. The van der Waals surface area contributed by atoms with Crippen LogP contribution >= 0.6 is 27.5 Å². The second kappa shape index (κ2) is 2.99. The quantitative estimate of drug-likeness (QED) is 0.665. The maximum Gasteiger partial charge on any atom is 0.117 e. The molecule has 4 heteroatoms. The first kappa shape index (κ1) is 7.95. The van der Waals surface area contributed by atoms with Gasteiger partial charge >= 0.3 is 0 Å². The molecule has 1 heterocycles. The van der Waals surface area contributed by atoms with Gasteiger partial charge in [-0.05, 0) is 34.1 Å². The largest absolute Gasteiger partial charge is 0.236 e. The minimum atomic E-state index is 0.693. The van der Waals surface area contributed by atoms with Gasteiger partial charge in [0.1, 0.15) is 10.9 Å². The summed E-state index contributed by atoms with van der Waals surface area (Å²) in [5, 5.41) is 1.63. The molecule has 0 spiro atoms. The fourth-order valence-electron chi connectivity index (χ4n) is 0.997. The van der Waals surface area contributed by atoms with Crippen molar-refractivity contribution in [3.63, 3.8) is 0 Å². The fourth-order valence-corrected chi connectivity index (χ4v) is 1.58. The topological polar surface area (TPSA) is 25.8 Å². The smallest absolute Gasteiger partial charge is 0.117 e. The molecule has 0 aliphatic rings. The van der Waals surface area contributed by atoms with E-state index in [0.29, 0.717) is 5.02 Å². The van der Waals surface area contributed by atoms with Crippen LogP contribution in [-0.2, 0) is 0 Å². The molecule has 0 atom stereocenters. The summed E-state index contributed by atoms with van der Waals surface area (Å²) in [7, 11) is 0. The number of rotatable bonds is 0. The van der Waals surface area contributed by atoms with Crippen molar-refractivity contribution < 1.29 is 0 Å². The number of hydrogen-bond acceptors (Lipinski definition) is 2. The van der Waals surface area contributed by atoms with Gasteiger partial charge in [0.25, 0.3) is 0 Å². The van der Waals surface area contributed by atoms with Crippen LogP contribution in [0.15, 0.2) is 29.1 Å². The normalized spacial score (nSPS) is 10.5. The van der Waals surface area contributed by atoms with E-state index in [1.165, 1.54) is 6.33 Å². The van der Waals surface area contributed by atoms with Crippen molar-refractivity contribution in [2.45, 2.75) is 0 Å². The molecule has 12 heavy (non-hydrogen) atoms. The molecule has 0 unspecified atom stereocenters. The molecule has 2 aromatic rings. The highest BCUT2D eigenvalue weighted by Crippen LogP contribution is 2.22. The third kappa shape index (κ3) is 1.30. The summed E-state index contributed by atoms with van der Waals surface area (Å²) in [4.78, 5) is 8.08. The van der Waals surface area contributed by atoms with Crippen LogP contribution in [0.2, 0.25) is 5.02 Å². The molecule has 0 radical (unpaired) electrons. The lowest BCUT2D eigenvalue weighted by atomic mass is 10.2. The summed E-state index contributed by atoms with van der Waals surface area (Å²) in [6.07, 6.45) is 1.51. The highest BCUT2D eigenvalue weighted by molar-refractivity contribution is 9.10. The van der Waals surface area contributed by atoms with Crippen molar-refractivity contribution in [3.8, 4) is 0 Å². The average molecular weight is 243 g/mol. The zero-order valence-electron chi connectivity index (χ0n) is 5.96. The van der Waals surface area contributed by atoms with Gasteiger partial charge in [0.15, 0.2) is 0 Å². The minimum absolute atomic E-state index is 0.693. The van der Waals surface area contributed by atoms with Gasteiger partial charge in [-0.2, -0.15) is 0 Å². The maximum absolute atomic E-state index is 5.81. The maximum atomic E-state index is 5.81. The molecule has 0 bridgehead atoms. The molecule has 0 fully saturated rings. The predicted octanol–water partition coefficient (Wildman–Crippen LogP) is 3.05. The zero-order chi connectivity index (χ0) is 8.55. The van der Waals surface area contributed by atoms with Crippen LogP contribution in [0.25, 0.3) is 10.9 Å². The van der Waals surface area contributed by atoms with E-state index in [1.807, 2.05) is 18.2 Å². The van der Waals surface area contributed by atoms with Crippen molar-refractivity contribution in [1.82, 2.24) is 9.97 Å². The van der Waals surface area contributed by atoms with E-state index in [4.69, 9.17) is 11.6 Å². The van der Waals surface area contributed by atoms with Crippen LogP contribution in [0.4, 0.5) is 0 Å². The second-order valence-electron chi connectivity index (χ2n) is 2.33. The van der Waals surface area contributed by atoms with Crippen LogP contribution < -0.4 is 0 Å². The summed E-state index contributed by atoms with van der Waals surface area (Å²) in [6.45, 7) is 0. The Morgan fingerprint density at radius 3 is 2.92 bits per heavy atom. The third-order valence-electron chi connectivity index (χ3n) is 1.55. The van der Waals surface area contributed by atoms with Crippen LogP contribution in [0, 0.1) is 0 Å². The molecule has 1 aromatic heterocycles. The molecule has 0 saturated heterocycles. The molecule has 0 amide bonds. The first-order chi connectivity index (χ1) is 5.77. The van der Waals surface area contributed by atoms with Crippen LogP contribution in [0.3, 0.4) is 0 Å². The number of nitrogens with zero attached hydrogens (tertiary/aromatic N) is 2. The van der Waals surface area contributed by atoms with Crippen molar-refractivity contribution in [3.05, 3.63) is 34.2 Å². The minimum Gasteiger partial charge on any atom is -0.236 e. The lowest BCUT2D eigenvalue weighted by Gasteiger charge is -1.97. The predicted molar refractivity (Wildman–Crippen MR) is 52.2 cm³/mol. The van der Waals surface area contributed by atoms with Crippen molar-refractivity contribution >= 4 is 38.4 Å². The zero-order valence-corrected chi connectivity index (χ0v) is 8.30. The van der Waals surface area contributed by atoms with Crippen LogP contribution in [0.5, 0.6) is 0 Å². The first-order valence-electron chi connectivity index (χ1n) is 3.33. The van der Waals surface area contributed by atoms with E-state index in [2.05, 4.69) is 25.9 Å². The summed E-state index contributed by atoms with van der Waals surface area (Å²) >= 11 is 9.14. The van der Waals surface area contributed by atoms with E-state index in [9.17, 15) is 0 Å². The van der Waals surface area contributed by atoms with Gasteiger partial charge in [0.2, 0.25) is 0 Å². The molecular formula is C8H4BrClN2. The average Bonchev–Trinajstić information content (AvgIpc) is 2.07. The highest BCUT2D eigenvalue weighted by Gasteiger charge is 1.99. The Hall–Kier alpha value is -0.670. The molecule has 0 N–H and O–H groups in total. The molecular weight excluding hydrogens is 239 g/mol. The Labute approximate surface area is 82.7 Å². The number of halogens is 2. The monoisotopic (exact) mass is 242 g/mol. The van der Waals surface area contributed by atoms with Gasteiger partial charge in [-0.15, -0.1) is 0 Å². The van der Waals surface area contributed by atoms with E-state index in [0.717, 1.165) is 15.5 Å². The van der Waals surface area contributed by atoms with Gasteiger partial charge in [0.05, 0.1) is 5.52 Å². The van der Waals surface area contributed by atoms with E-state index in [-0.39, 0.29) is 0 Å². The van der Waals surface area contributed by atoms with Crippen molar-refractivity contribution in [1.29, 1.82) is 0 Å². The van der Waals surface area contributed by atoms with Crippen LogP contribution in [-0.4, -0.2) is 9.97 Å². The van der Waals surface area contributed by atoms with E-state index < -0.39 is 0 Å². The van der Waals surface area contributed by atoms with Gasteiger partial charge in [-0.3, -0.25) is 0 Å². The standard InChI is InChI=1S/C8H4BrClN2/c9-8-6-3-5(10)1-2-7(6)11-4-12-8/h1-4H. The Balaban J connectivity index is 2.88. The van der Waals surface area contributed by atoms with E-state index in [1.54, 1.807) is 0 Å². The molecule has 0 aliphatic carbocycles. The van der Waals surface area contributed by atoms with Crippen molar-refractivity contribution in [2.24, 2.45) is 0 Å². The summed E-state index contributed by atoms with van der Waals surface area (Å²) in [5.41, 5.74) is 0.890. The molecule has 2 rings (SSSR count). The lowest BCUT2D eigenvalue weighted by Crippen LogP contribution is -1.82. The molecule has 1 aromatic carbocycles. The van der Waals surface area contributed by atoms with Gasteiger partial charge in [-0.1, -0.05) is 11.6 Å². The van der Waals surface area contributed by atoms with Crippen LogP contribution in [0.1, 0.15) is 0 Å². The SMILES string of the molecule is Clc1ccc2ncnc(Br)c2c1. The number of hydrogen-bond donors (Lipinski definition) is 0. The summed E-state index contributed by atoms with van der Waals surface area (Å²) in [6, 6.07) is 5.51. The summed E-state index contributed by atoms with van der Waals surface area (Å²) < 4.78 is 0.773. The molecule has 2 nitrogen and oxygen atoms in total. The fraction of sp³-hybridized carbons (Fsp3) is 0. The Morgan fingerprint density at radius 2 is 2.08 bits per heavy atom. The number of aromatic nitrogens is 2. The molecule has 0 saturated carbocycles. The van der Waals surface area contributed by atoms with Crippen molar-refractivity contribution in [2.75, 3.05) is 0 Å². The van der Waals surface area contributed by atoms with Gasteiger partial charge in [-0.25, -0.2) is 9.97 Å². The van der Waals surface area contributed by atoms with Gasteiger partial charge in [0, 0.05) is 10.4 Å². The first-order valence-corrected chi connectivity index (χ1v) is 4.50. The third-order valence-corrected chi connectivity index (χ3v) is 2.42. The van der Waals surface area contributed by atoms with E-state index >= 15 is 0 Å². The lowest BCUT2D eigenvalue weighted by molar-refractivity contribution is 1.19. The molecule has 0 aliphatic heterocycles. The Kier molecular flexibility index (Phi) is 1.98. The summed E-state index contributed by atoms with van der Waals surface area (Å²) in [5.74, 6) is 0. The Morgan fingerprint density at radius 1 is 1.25 bits per heavy atom. The van der Waals surface area contributed by atoms with Gasteiger partial charge < -0.3 is 0 Å². The Bertz CT molecular complexity index is 430. The molecule has 60 valence electrons. The second-order valence-corrected chi connectivity index (χ2v) is 3.51.